The summed E-state index contributed by atoms with van der Waals surface area (Å²) in [7, 11) is 0. The van der Waals surface area contributed by atoms with Gasteiger partial charge in [-0.3, -0.25) is 0 Å². The van der Waals surface area contributed by atoms with E-state index in [4.69, 9.17) is 11.5 Å². The van der Waals surface area contributed by atoms with Crippen molar-refractivity contribution >= 4 is 11.4 Å². The van der Waals surface area contributed by atoms with Gasteiger partial charge in [-0.2, -0.15) is 0 Å². The van der Waals surface area contributed by atoms with E-state index in [0.717, 1.165) is 0 Å². The van der Waals surface area contributed by atoms with Crippen molar-refractivity contribution in [3.05, 3.63) is 24.3 Å². The zero-order valence-electron chi connectivity index (χ0n) is 9.25. The van der Waals surface area contributed by atoms with Crippen molar-refractivity contribution < 1.29 is 20.4 Å². The average molecular weight is 248 g/mol. The Bertz CT molecular complexity index is 570. The fourth-order valence-corrected chi connectivity index (χ4v) is 1.69. The first-order chi connectivity index (χ1) is 8.43. The van der Waals surface area contributed by atoms with Crippen LogP contribution in [0.4, 0.5) is 11.4 Å². The van der Waals surface area contributed by atoms with Crippen LogP contribution in [-0.2, 0) is 0 Å². The van der Waals surface area contributed by atoms with Crippen LogP contribution in [0.3, 0.4) is 0 Å². The summed E-state index contributed by atoms with van der Waals surface area (Å²) in [6.07, 6.45) is 0. The van der Waals surface area contributed by atoms with E-state index >= 15 is 0 Å². The third-order valence-electron chi connectivity index (χ3n) is 2.62. The maximum Gasteiger partial charge on any atom is 0.150 e. The van der Waals surface area contributed by atoms with E-state index in [1.807, 2.05) is 0 Å². The van der Waals surface area contributed by atoms with Crippen molar-refractivity contribution in [3.8, 4) is 34.1 Å². The number of anilines is 2. The van der Waals surface area contributed by atoms with Crippen molar-refractivity contribution in [3.63, 3.8) is 0 Å². The van der Waals surface area contributed by atoms with Gasteiger partial charge in [0, 0.05) is 0 Å². The molecule has 0 heterocycles. The summed E-state index contributed by atoms with van der Waals surface area (Å²) in [4.78, 5) is 0. The van der Waals surface area contributed by atoms with E-state index in [-0.39, 0.29) is 34.0 Å². The number of hydrogen-bond acceptors (Lipinski definition) is 6. The molecule has 0 aliphatic heterocycles. The maximum atomic E-state index is 9.82. The Morgan fingerprint density at radius 3 is 1.28 bits per heavy atom. The highest BCUT2D eigenvalue weighted by Gasteiger charge is 2.21. The Morgan fingerprint density at radius 1 is 0.611 bits per heavy atom. The van der Waals surface area contributed by atoms with Gasteiger partial charge in [0.2, 0.25) is 0 Å². The largest absolute Gasteiger partial charge is 0.507 e. The van der Waals surface area contributed by atoms with Gasteiger partial charge in [-0.1, -0.05) is 0 Å². The van der Waals surface area contributed by atoms with Crippen LogP contribution in [-0.4, -0.2) is 20.4 Å². The fraction of sp³-hybridized carbons (Fsp3) is 0. The highest BCUT2D eigenvalue weighted by Crippen LogP contribution is 2.49. The second-order valence-electron chi connectivity index (χ2n) is 3.80. The van der Waals surface area contributed by atoms with Crippen LogP contribution in [0.25, 0.3) is 11.1 Å². The standard InChI is InChI=1S/C12H12N2O4/c13-5-1-3-7(15)9(11(5)17)10-8(16)4-2-6(14)12(10)18/h1-4,15-18H,13-14H2. The zero-order valence-corrected chi connectivity index (χ0v) is 9.25. The first-order valence-corrected chi connectivity index (χ1v) is 5.04. The van der Waals surface area contributed by atoms with Gasteiger partial charge in [0.15, 0.2) is 0 Å². The van der Waals surface area contributed by atoms with Gasteiger partial charge >= 0.3 is 0 Å². The summed E-state index contributed by atoms with van der Waals surface area (Å²) in [5.41, 5.74) is 10.7. The second-order valence-corrected chi connectivity index (χ2v) is 3.80. The topological polar surface area (TPSA) is 133 Å². The molecule has 2 aromatic carbocycles. The molecule has 0 fully saturated rings. The number of benzene rings is 2. The molecule has 0 atom stereocenters. The van der Waals surface area contributed by atoms with E-state index in [9.17, 15) is 20.4 Å². The normalized spacial score (nSPS) is 10.4. The van der Waals surface area contributed by atoms with Gasteiger partial charge in [0.25, 0.3) is 0 Å². The number of phenolic OH excluding ortho intramolecular Hbond substituents is 4. The second kappa shape index (κ2) is 3.92. The fourth-order valence-electron chi connectivity index (χ4n) is 1.69. The predicted molar refractivity (Wildman–Crippen MR) is 67.4 cm³/mol. The van der Waals surface area contributed by atoms with Crippen LogP contribution < -0.4 is 11.5 Å². The number of aromatic hydroxyl groups is 4. The van der Waals surface area contributed by atoms with E-state index in [2.05, 4.69) is 0 Å². The quantitative estimate of drug-likeness (QED) is 0.256. The lowest BCUT2D eigenvalue weighted by molar-refractivity contribution is 0.441. The predicted octanol–water partition coefficient (Wildman–Crippen LogP) is 1.34. The molecule has 8 N–H and O–H groups in total. The molecule has 6 nitrogen and oxygen atoms in total. The minimum Gasteiger partial charge on any atom is -0.507 e. The lowest BCUT2D eigenvalue weighted by atomic mass is 9.99. The number of hydrogen-bond donors (Lipinski definition) is 6. The molecule has 0 saturated carbocycles. The molecule has 0 saturated heterocycles. The first-order valence-electron chi connectivity index (χ1n) is 5.04. The van der Waals surface area contributed by atoms with Crippen LogP contribution in [0.2, 0.25) is 0 Å². The summed E-state index contributed by atoms with van der Waals surface area (Å²) in [5.74, 6) is -1.55. The molecule has 0 radical (unpaired) electrons. The van der Waals surface area contributed by atoms with Gasteiger partial charge in [-0.15, -0.1) is 0 Å². The molecule has 2 rings (SSSR count). The van der Waals surface area contributed by atoms with Crippen molar-refractivity contribution in [2.75, 3.05) is 11.5 Å². The lowest BCUT2D eigenvalue weighted by Gasteiger charge is -2.13. The minimum absolute atomic E-state index is 0.00373. The van der Waals surface area contributed by atoms with Crippen molar-refractivity contribution in [2.24, 2.45) is 0 Å². The van der Waals surface area contributed by atoms with E-state index in [1.54, 1.807) is 0 Å². The molecular weight excluding hydrogens is 236 g/mol. The molecule has 0 aromatic heterocycles. The van der Waals surface area contributed by atoms with Gasteiger partial charge in [-0.25, -0.2) is 0 Å². The summed E-state index contributed by atoms with van der Waals surface area (Å²) in [5, 5.41) is 39.1. The average Bonchev–Trinajstić information content (AvgIpc) is 2.33. The van der Waals surface area contributed by atoms with E-state index < -0.39 is 11.5 Å². The van der Waals surface area contributed by atoms with Crippen LogP contribution in [0.5, 0.6) is 23.0 Å². The Labute approximate surface area is 102 Å². The van der Waals surface area contributed by atoms with Crippen molar-refractivity contribution in [1.82, 2.24) is 0 Å². The highest BCUT2D eigenvalue weighted by molar-refractivity contribution is 5.90. The Morgan fingerprint density at radius 2 is 0.944 bits per heavy atom. The number of phenols is 4. The summed E-state index contributed by atoms with van der Waals surface area (Å²) >= 11 is 0. The third-order valence-corrected chi connectivity index (χ3v) is 2.62. The molecular formula is C12H12N2O4. The van der Waals surface area contributed by atoms with Gasteiger partial charge in [-0.05, 0) is 24.3 Å². The molecule has 0 aliphatic carbocycles. The van der Waals surface area contributed by atoms with Crippen molar-refractivity contribution in [2.45, 2.75) is 0 Å². The number of nitrogens with two attached hydrogens (primary N) is 2. The summed E-state index contributed by atoms with van der Waals surface area (Å²) < 4.78 is 0. The zero-order chi connectivity index (χ0) is 13.4. The molecule has 0 bridgehead atoms. The van der Waals surface area contributed by atoms with Gasteiger partial charge < -0.3 is 31.9 Å². The Hall–Kier alpha value is -2.76. The molecule has 0 spiro atoms. The lowest BCUT2D eigenvalue weighted by Crippen LogP contribution is -1.92. The number of nitrogen functional groups attached to an aromatic ring is 2. The van der Waals surface area contributed by atoms with Crippen LogP contribution >= 0.6 is 0 Å². The molecule has 6 heteroatoms. The third kappa shape index (κ3) is 1.60. The molecule has 18 heavy (non-hydrogen) atoms. The molecule has 94 valence electrons. The molecule has 0 amide bonds. The monoisotopic (exact) mass is 248 g/mol. The summed E-state index contributed by atoms with van der Waals surface area (Å²) in [6, 6.07) is 5.09. The van der Waals surface area contributed by atoms with Gasteiger partial charge in [0.05, 0.1) is 22.5 Å². The van der Waals surface area contributed by atoms with Crippen molar-refractivity contribution in [1.29, 1.82) is 0 Å². The SMILES string of the molecule is Nc1ccc(O)c(-c2c(O)ccc(N)c2O)c1O. The van der Waals surface area contributed by atoms with Crippen LogP contribution in [0.15, 0.2) is 24.3 Å². The Kier molecular flexibility index (Phi) is 2.55. The minimum atomic E-state index is -0.439. The van der Waals surface area contributed by atoms with Crippen LogP contribution in [0.1, 0.15) is 0 Å². The first kappa shape index (κ1) is 11.7. The molecule has 2 aromatic rings. The molecule has 0 aliphatic rings. The Balaban J connectivity index is 2.85. The van der Waals surface area contributed by atoms with Gasteiger partial charge in [0.1, 0.15) is 23.0 Å². The maximum absolute atomic E-state index is 9.82. The smallest absolute Gasteiger partial charge is 0.150 e. The van der Waals surface area contributed by atoms with E-state index in [1.165, 1.54) is 24.3 Å². The van der Waals surface area contributed by atoms with E-state index in [0.29, 0.717) is 0 Å². The number of rotatable bonds is 1. The summed E-state index contributed by atoms with van der Waals surface area (Å²) in [6.45, 7) is 0. The van der Waals surface area contributed by atoms with Crippen LogP contribution in [0, 0.1) is 0 Å². The molecule has 0 unspecified atom stereocenters. The highest BCUT2D eigenvalue weighted by atomic mass is 16.3.